The summed E-state index contributed by atoms with van der Waals surface area (Å²) in [5.41, 5.74) is 0. The summed E-state index contributed by atoms with van der Waals surface area (Å²) in [7, 11) is 0. The molecule has 252 valence electrons. The number of hydrogen-bond acceptors (Lipinski definition) is 5. The first kappa shape index (κ1) is 41.6. The Morgan fingerprint density at radius 2 is 0.977 bits per heavy atom. The van der Waals surface area contributed by atoms with Crippen LogP contribution in [0.2, 0.25) is 0 Å². The summed E-state index contributed by atoms with van der Waals surface area (Å²) in [6.45, 7) is 3.95. The Kier molecular flexibility index (Phi) is 33.2. The van der Waals surface area contributed by atoms with Gasteiger partial charge in [0.1, 0.15) is 6.61 Å². The molecule has 0 aromatic rings. The van der Waals surface area contributed by atoms with Crippen LogP contribution in [0.4, 0.5) is 0 Å². The standard InChI is InChI=1S/C39H66O5/c1-3-5-7-9-11-13-15-17-19-21-23-25-27-29-31-33-38(41)43-36-37(35-40)44-39(42)34-32-30-28-26-24-22-20-18-16-14-12-10-8-6-4-2/h6,8,12-15,18,20,24,26,37,40H,3-5,7,9-11,16-17,19,21-23,25,27-36H2,1-2H3. The number of carbonyl (C=O) groups is 2. The molecule has 0 aliphatic rings. The second-order valence-electron chi connectivity index (χ2n) is 11.6. The third-order valence-corrected chi connectivity index (χ3v) is 7.30. The first-order valence-corrected chi connectivity index (χ1v) is 17.8. The number of ether oxygens (including phenoxy) is 2. The van der Waals surface area contributed by atoms with Crippen molar-refractivity contribution in [3.05, 3.63) is 60.8 Å². The highest BCUT2D eigenvalue weighted by molar-refractivity contribution is 5.70. The number of rotatable bonds is 31. The molecule has 0 aliphatic heterocycles. The van der Waals surface area contributed by atoms with Crippen molar-refractivity contribution in [2.24, 2.45) is 0 Å². The number of allylic oxidation sites excluding steroid dienone is 10. The Hall–Kier alpha value is -2.40. The van der Waals surface area contributed by atoms with E-state index in [1.54, 1.807) is 0 Å². The summed E-state index contributed by atoms with van der Waals surface area (Å²) in [6.07, 6.45) is 44.2. The van der Waals surface area contributed by atoms with Crippen LogP contribution < -0.4 is 0 Å². The van der Waals surface area contributed by atoms with Crippen LogP contribution >= 0.6 is 0 Å². The second kappa shape index (κ2) is 35.1. The van der Waals surface area contributed by atoms with E-state index in [9.17, 15) is 14.7 Å². The molecule has 5 nitrogen and oxygen atoms in total. The van der Waals surface area contributed by atoms with Gasteiger partial charge in [0.05, 0.1) is 6.61 Å². The van der Waals surface area contributed by atoms with Gasteiger partial charge in [-0.1, -0.05) is 126 Å². The molecule has 1 atom stereocenters. The van der Waals surface area contributed by atoms with Crippen molar-refractivity contribution in [3.8, 4) is 0 Å². The summed E-state index contributed by atoms with van der Waals surface area (Å²) in [4.78, 5) is 24.2. The average Bonchev–Trinajstić information content (AvgIpc) is 3.02. The number of carbonyl (C=O) groups excluding carboxylic acids is 2. The number of esters is 2. The lowest BCUT2D eigenvalue weighted by Gasteiger charge is -2.15. The van der Waals surface area contributed by atoms with E-state index >= 15 is 0 Å². The van der Waals surface area contributed by atoms with Crippen LogP contribution in [0.15, 0.2) is 60.8 Å². The van der Waals surface area contributed by atoms with Gasteiger partial charge in [0, 0.05) is 12.8 Å². The van der Waals surface area contributed by atoms with E-state index in [-0.39, 0.29) is 25.2 Å². The number of aliphatic hydroxyl groups excluding tert-OH is 1. The highest BCUT2D eigenvalue weighted by atomic mass is 16.6. The summed E-state index contributed by atoms with van der Waals surface area (Å²) >= 11 is 0. The van der Waals surface area contributed by atoms with Crippen molar-refractivity contribution < 1.29 is 24.2 Å². The first-order valence-electron chi connectivity index (χ1n) is 17.8. The Morgan fingerprint density at radius 3 is 1.55 bits per heavy atom. The largest absolute Gasteiger partial charge is 0.462 e. The van der Waals surface area contributed by atoms with Crippen molar-refractivity contribution in [1.29, 1.82) is 0 Å². The summed E-state index contributed by atoms with van der Waals surface area (Å²) < 4.78 is 10.5. The quantitative estimate of drug-likeness (QED) is 0.0478. The van der Waals surface area contributed by atoms with Crippen molar-refractivity contribution in [1.82, 2.24) is 0 Å². The molecule has 0 spiro atoms. The van der Waals surface area contributed by atoms with E-state index in [1.165, 1.54) is 64.2 Å². The topological polar surface area (TPSA) is 72.8 Å². The first-order chi connectivity index (χ1) is 21.6. The molecule has 0 bridgehead atoms. The van der Waals surface area contributed by atoms with Gasteiger partial charge >= 0.3 is 11.9 Å². The molecule has 1 unspecified atom stereocenters. The van der Waals surface area contributed by atoms with Crippen LogP contribution in [-0.4, -0.2) is 36.4 Å². The monoisotopic (exact) mass is 614 g/mol. The minimum atomic E-state index is -0.795. The van der Waals surface area contributed by atoms with Crippen LogP contribution in [0, 0.1) is 0 Å². The summed E-state index contributed by atoms with van der Waals surface area (Å²) in [5, 5.41) is 9.52. The zero-order valence-electron chi connectivity index (χ0n) is 28.4. The molecule has 0 radical (unpaired) electrons. The molecular formula is C39H66O5. The maximum atomic E-state index is 12.1. The molecule has 44 heavy (non-hydrogen) atoms. The summed E-state index contributed by atoms with van der Waals surface area (Å²) in [5.74, 6) is -0.650. The van der Waals surface area contributed by atoms with E-state index < -0.39 is 6.10 Å². The van der Waals surface area contributed by atoms with Gasteiger partial charge in [0.25, 0.3) is 0 Å². The molecule has 0 heterocycles. The van der Waals surface area contributed by atoms with Crippen LogP contribution in [0.1, 0.15) is 155 Å². The third-order valence-electron chi connectivity index (χ3n) is 7.30. The molecule has 0 aromatic carbocycles. The molecule has 0 saturated carbocycles. The molecule has 0 rings (SSSR count). The summed E-state index contributed by atoms with van der Waals surface area (Å²) in [6, 6.07) is 0. The Morgan fingerprint density at radius 1 is 0.545 bits per heavy atom. The normalized spacial score (nSPS) is 12.9. The number of hydrogen-bond donors (Lipinski definition) is 1. The van der Waals surface area contributed by atoms with Crippen LogP contribution in [0.25, 0.3) is 0 Å². The fraction of sp³-hybridized carbons (Fsp3) is 0.692. The van der Waals surface area contributed by atoms with E-state index in [0.717, 1.165) is 64.2 Å². The molecule has 0 aromatic heterocycles. The van der Waals surface area contributed by atoms with Gasteiger partial charge < -0.3 is 14.6 Å². The van der Waals surface area contributed by atoms with E-state index in [1.807, 2.05) is 0 Å². The lowest BCUT2D eigenvalue weighted by atomic mass is 10.1. The van der Waals surface area contributed by atoms with E-state index in [2.05, 4.69) is 74.6 Å². The number of unbranched alkanes of at least 4 members (excludes halogenated alkanes) is 13. The molecule has 0 amide bonds. The van der Waals surface area contributed by atoms with Crippen LogP contribution in [-0.2, 0) is 19.1 Å². The maximum absolute atomic E-state index is 12.1. The highest BCUT2D eigenvalue weighted by Crippen LogP contribution is 2.12. The Bertz CT molecular complexity index is 792. The zero-order chi connectivity index (χ0) is 32.2. The highest BCUT2D eigenvalue weighted by Gasteiger charge is 2.16. The van der Waals surface area contributed by atoms with E-state index in [4.69, 9.17) is 9.47 Å². The minimum absolute atomic E-state index is 0.0871. The molecule has 5 heteroatoms. The lowest BCUT2D eigenvalue weighted by Crippen LogP contribution is -2.28. The molecule has 0 fully saturated rings. The van der Waals surface area contributed by atoms with E-state index in [0.29, 0.717) is 12.8 Å². The van der Waals surface area contributed by atoms with Crippen molar-refractivity contribution >= 4 is 11.9 Å². The molecule has 1 N–H and O–H groups in total. The van der Waals surface area contributed by atoms with Gasteiger partial charge in [-0.25, -0.2) is 0 Å². The Labute approximate surface area is 271 Å². The van der Waals surface area contributed by atoms with Crippen LogP contribution in [0.3, 0.4) is 0 Å². The van der Waals surface area contributed by atoms with Gasteiger partial charge in [0.15, 0.2) is 6.10 Å². The average molecular weight is 615 g/mol. The fourth-order valence-electron chi connectivity index (χ4n) is 4.60. The fourth-order valence-corrected chi connectivity index (χ4v) is 4.60. The zero-order valence-corrected chi connectivity index (χ0v) is 28.4. The predicted molar refractivity (Wildman–Crippen MR) is 187 cm³/mol. The maximum Gasteiger partial charge on any atom is 0.306 e. The van der Waals surface area contributed by atoms with Gasteiger partial charge in [-0.2, -0.15) is 0 Å². The second-order valence-corrected chi connectivity index (χ2v) is 11.6. The van der Waals surface area contributed by atoms with Crippen molar-refractivity contribution in [2.75, 3.05) is 13.2 Å². The minimum Gasteiger partial charge on any atom is -0.462 e. The molecular weight excluding hydrogens is 548 g/mol. The van der Waals surface area contributed by atoms with Gasteiger partial charge in [-0.3, -0.25) is 9.59 Å². The molecule has 0 aliphatic carbocycles. The Balaban J connectivity index is 3.67. The predicted octanol–water partition coefficient (Wildman–Crippen LogP) is 10.8. The smallest absolute Gasteiger partial charge is 0.306 e. The number of aliphatic hydroxyl groups is 1. The molecule has 0 saturated heterocycles. The SMILES string of the molecule is CCC=CCC=CCC=CCC=CCCCCC(=O)OC(CO)COC(=O)CCCCCCCCCC=CCCCCCC. The third kappa shape index (κ3) is 32.5. The van der Waals surface area contributed by atoms with Crippen molar-refractivity contribution in [2.45, 2.75) is 161 Å². The van der Waals surface area contributed by atoms with Crippen molar-refractivity contribution in [3.63, 3.8) is 0 Å². The van der Waals surface area contributed by atoms with Gasteiger partial charge in [0.2, 0.25) is 0 Å². The van der Waals surface area contributed by atoms with Gasteiger partial charge in [-0.05, 0) is 77.0 Å². The van der Waals surface area contributed by atoms with Gasteiger partial charge in [-0.15, -0.1) is 0 Å². The lowest BCUT2D eigenvalue weighted by molar-refractivity contribution is -0.161. The van der Waals surface area contributed by atoms with Crippen LogP contribution in [0.5, 0.6) is 0 Å².